The minimum Gasteiger partial charge on any atom is -0.309 e. The number of carbonyl (C=O) groups excluding carboxylic acids is 2. The zero-order valence-electron chi connectivity index (χ0n) is 14.2. The van der Waals surface area contributed by atoms with Crippen molar-refractivity contribution in [1.29, 1.82) is 0 Å². The lowest BCUT2D eigenvalue weighted by atomic mass is 9.69. The number of carbonyl (C=O) groups is 2. The molecule has 4 nitrogen and oxygen atoms in total. The third-order valence-corrected chi connectivity index (χ3v) is 5.23. The minimum atomic E-state index is -0.576. The van der Waals surface area contributed by atoms with Crippen molar-refractivity contribution in [2.75, 3.05) is 27.2 Å². The number of imide groups is 1. The highest BCUT2D eigenvalue weighted by Gasteiger charge is 2.53. The predicted octanol–water partition coefficient (Wildman–Crippen LogP) is 2.36. The lowest BCUT2D eigenvalue weighted by Crippen LogP contribution is -2.41. The van der Waals surface area contributed by atoms with Crippen molar-refractivity contribution < 1.29 is 9.59 Å². The maximum Gasteiger partial charge on any atom is 0.240 e. The van der Waals surface area contributed by atoms with Crippen LogP contribution in [0.15, 0.2) is 24.3 Å². The highest BCUT2D eigenvalue weighted by atomic mass is 16.2. The Kier molecular flexibility index (Phi) is 4.53. The highest BCUT2D eigenvalue weighted by molar-refractivity contribution is 6.09. The molecule has 1 aliphatic heterocycles. The molecule has 1 atom stereocenters. The van der Waals surface area contributed by atoms with Crippen molar-refractivity contribution in [3.05, 3.63) is 35.4 Å². The first-order chi connectivity index (χ1) is 11.0. The Balaban J connectivity index is 1.76. The van der Waals surface area contributed by atoms with Crippen molar-refractivity contribution in [3.63, 3.8) is 0 Å². The van der Waals surface area contributed by atoms with Crippen LogP contribution in [0, 0.1) is 0 Å². The van der Waals surface area contributed by atoms with Gasteiger partial charge < -0.3 is 4.90 Å². The number of fused-ring (bicyclic) bond motifs is 2. The summed E-state index contributed by atoms with van der Waals surface area (Å²) < 4.78 is 0. The molecule has 4 heteroatoms. The number of rotatable bonds is 5. The second kappa shape index (κ2) is 6.44. The van der Waals surface area contributed by atoms with E-state index in [1.54, 1.807) is 0 Å². The monoisotopic (exact) mass is 314 g/mol. The van der Waals surface area contributed by atoms with Crippen LogP contribution in [0.2, 0.25) is 0 Å². The summed E-state index contributed by atoms with van der Waals surface area (Å²) in [5.74, 6) is 0.0519. The van der Waals surface area contributed by atoms with E-state index in [-0.39, 0.29) is 11.8 Å². The van der Waals surface area contributed by atoms with Crippen molar-refractivity contribution in [2.45, 2.75) is 43.9 Å². The first kappa shape index (κ1) is 16.2. The number of nitrogens with zero attached hydrogens (tertiary/aromatic N) is 2. The summed E-state index contributed by atoms with van der Waals surface area (Å²) in [5, 5.41) is 0. The SMILES string of the molecule is CN(C)CCCCN1C(=O)CC2(CCCc3ccccc32)C1=O. The molecule has 1 saturated heterocycles. The van der Waals surface area contributed by atoms with E-state index < -0.39 is 5.41 Å². The summed E-state index contributed by atoms with van der Waals surface area (Å²) in [6, 6.07) is 8.17. The summed E-state index contributed by atoms with van der Waals surface area (Å²) in [6.45, 7) is 1.56. The molecule has 1 fully saturated rings. The van der Waals surface area contributed by atoms with Crippen molar-refractivity contribution in [1.82, 2.24) is 9.80 Å². The van der Waals surface area contributed by atoms with Crippen LogP contribution < -0.4 is 0 Å². The average molecular weight is 314 g/mol. The molecular weight excluding hydrogens is 288 g/mol. The molecule has 3 rings (SSSR count). The molecular formula is C19H26N2O2. The van der Waals surface area contributed by atoms with Gasteiger partial charge in [0, 0.05) is 13.0 Å². The van der Waals surface area contributed by atoms with Crippen LogP contribution in [0.1, 0.15) is 43.2 Å². The van der Waals surface area contributed by atoms with Gasteiger partial charge in [0.1, 0.15) is 0 Å². The van der Waals surface area contributed by atoms with Crippen LogP contribution >= 0.6 is 0 Å². The van der Waals surface area contributed by atoms with Gasteiger partial charge in [-0.1, -0.05) is 24.3 Å². The fraction of sp³-hybridized carbons (Fsp3) is 0.579. The van der Waals surface area contributed by atoms with Gasteiger partial charge in [-0.3, -0.25) is 14.5 Å². The summed E-state index contributed by atoms with van der Waals surface area (Å²) in [6.07, 6.45) is 5.06. The Hall–Kier alpha value is -1.68. The van der Waals surface area contributed by atoms with Crippen LogP contribution in [0.4, 0.5) is 0 Å². The number of benzene rings is 1. The first-order valence-corrected chi connectivity index (χ1v) is 8.62. The zero-order valence-corrected chi connectivity index (χ0v) is 14.2. The Morgan fingerprint density at radius 2 is 1.96 bits per heavy atom. The molecule has 1 aromatic rings. The molecule has 1 aromatic carbocycles. The van der Waals surface area contributed by atoms with E-state index in [9.17, 15) is 9.59 Å². The van der Waals surface area contributed by atoms with E-state index in [2.05, 4.69) is 17.0 Å². The van der Waals surface area contributed by atoms with E-state index >= 15 is 0 Å². The Bertz CT molecular complexity index is 611. The second-order valence-electron chi connectivity index (χ2n) is 7.13. The highest BCUT2D eigenvalue weighted by Crippen LogP contribution is 2.45. The predicted molar refractivity (Wildman–Crippen MR) is 90.2 cm³/mol. The smallest absolute Gasteiger partial charge is 0.240 e. The zero-order chi connectivity index (χ0) is 16.4. The third-order valence-electron chi connectivity index (χ3n) is 5.23. The quantitative estimate of drug-likeness (QED) is 0.619. The van der Waals surface area contributed by atoms with Gasteiger partial charge >= 0.3 is 0 Å². The lowest BCUT2D eigenvalue weighted by Gasteiger charge is -2.33. The molecule has 1 heterocycles. The third kappa shape index (κ3) is 2.92. The second-order valence-corrected chi connectivity index (χ2v) is 7.13. The number of unbranched alkanes of at least 4 members (excludes halogenated alkanes) is 1. The van der Waals surface area contributed by atoms with Gasteiger partial charge in [0.25, 0.3) is 0 Å². The Morgan fingerprint density at radius 3 is 2.74 bits per heavy atom. The van der Waals surface area contributed by atoms with E-state index in [1.807, 2.05) is 26.2 Å². The van der Waals surface area contributed by atoms with Crippen LogP contribution in [-0.2, 0) is 21.4 Å². The standard InChI is InChI=1S/C19H26N2O2/c1-20(2)12-5-6-13-21-17(22)14-19(18(21)23)11-7-9-15-8-3-4-10-16(15)19/h3-4,8,10H,5-7,9,11-14H2,1-2H3. The van der Waals surface area contributed by atoms with E-state index in [1.165, 1.54) is 10.5 Å². The van der Waals surface area contributed by atoms with Gasteiger partial charge in [-0.05, 0) is 63.9 Å². The lowest BCUT2D eigenvalue weighted by molar-refractivity contribution is -0.140. The summed E-state index contributed by atoms with van der Waals surface area (Å²) >= 11 is 0. The molecule has 1 spiro atoms. The largest absolute Gasteiger partial charge is 0.309 e. The van der Waals surface area contributed by atoms with Gasteiger partial charge in [0.05, 0.1) is 5.41 Å². The molecule has 124 valence electrons. The molecule has 23 heavy (non-hydrogen) atoms. The number of aryl methyl sites for hydroxylation is 1. The van der Waals surface area contributed by atoms with E-state index in [0.29, 0.717) is 13.0 Å². The molecule has 1 unspecified atom stereocenters. The normalized spacial score (nSPS) is 23.9. The van der Waals surface area contributed by atoms with Gasteiger partial charge in [0.2, 0.25) is 11.8 Å². The summed E-state index contributed by atoms with van der Waals surface area (Å²) in [4.78, 5) is 29.2. The Morgan fingerprint density at radius 1 is 1.17 bits per heavy atom. The van der Waals surface area contributed by atoms with E-state index in [4.69, 9.17) is 0 Å². The number of likely N-dealkylation sites (tertiary alicyclic amines) is 1. The molecule has 0 saturated carbocycles. The van der Waals surface area contributed by atoms with Gasteiger partial charge in [0.15, 0.2) is 0 Å². The fourth-order valence-electron chi connectivity index (χ4n) is 4.05. The molecule has 1 aliphatic carbocycles. The van der Waals surface area contributed by atoms with Gasteiger partial charge in [-0.15, -0.1) is 0 Å². The minimum absolute atomic E-state index is 0.0107. The van der Waals surface area contributed by atoms with Gasteiger partial charge in [-0.25, -0.2) is 0 Å². The van der Waals surface area contributed by atoms with Crippen LogP contribution in [-0.4, -0.2) is 48.8 Å². The van der Waals surface area contributed by atoms with Crippen LogP contribution in [0.25, 0.3) is 0 Å². The van der Waals surface area contributed by atoms with Crippen LogP contribution in [0.3, 0.4) is 0 Å². The first-order valence-electron chi connectivity index (χ1n) is 8.62. The van der Waals surface area contributed by atoms with Crippen LogP contribution in [0.5, 0.6) is 0 Å². The number of hydrogen-bond donors (Lipinski definition) is 0. The maximum absolute atomic E-state index is 13.1. The molecule has 0 aromatic heterocycles. The fourth-order valence-corrected chi connectivity index (χ4v) is 4.05. The Labute approximate surface area is 138 Å². The van der Waals surface area contributed by atoms with Crippen molar-refractivity contribution in [3.8, 4) is 0 Å². The molecule has 0 bridgehead atoms. The summed E-state index contributed by atoms with van der Waals surface area (Å²) in [7, 11) is 4.08. The molecule has 2 aliphatic rings. The van der Waals surface area contributed by atoms with Crippen molar-refractivity contribution >= 4 is 11.8 Å². The topological polar surface area (TPSA) is 40.6 Å². The molecule has 0 radical (unpaired) electrons. The maximum atomic E-state index is 13.1. The van der Waals surface area contributed by atoms with E-state index in [0.717, 1.165) is 44.2 Å². The molecule has 0 N–H and O–H groups in total. The number of hydrogen-bond acceptors (Lipinski definition) is 3. The molecule has 2 amide bonds. The number of amides is 2. The van der Waals surface area contributed by atoms with Gasteiger partial charge in [-0.2, -0.15) is 0 Å². The van der Waals surface area contributed by atoms with Crippen molar-refractivity contribution in [2.24, 2.45) is 0 Å². The summed E-state index contributed by atoms with van der Waals surface area (Å²) in [5.41, 5.74) is 1.77. The average Bonchev–Trinajstić information content (AvgIpc) is 2.76.